The number of carbonyl (C=O) groups is 1. The molecule has 2 rings (SSSR count). The SMILES string of the molecule is C=CCn1nc(C(=O)OC)c2ccccc21. The second-order valence-electron chi connectivity index (χ2n) is 3.33. The van der Waals surface area contributed by atoms with Gasteiger partial charge in [-0.3, -0.25) is 4.68 Å². The first-order chi connectivity index (χ1) is 7.77. The molecule has 4 nitrogen and oxygen atoms in total. The van der Waals surface area contributed by atoms with Crippen LogP contribution in [0.5, 0.6) is 0 Å². The highest BCUT2D eigenvalue weighted by molar-refractivity contribution is 6.02. The summed E-state index contributed by atoms with van der Waals surface area (Å²) in [5.74, 6) is -0.418. The van der Waals surface area contributed by atoms with Crippen LogP contribution in [-0.4, -0.2) is 22.9 Å². The Morgan fingerprint density at radius 3 is 3.00 bits per heavy atom. The molecule has 0 bridgehead atoms. The van der Waals surface area contributed by atoms with Gasteiger partial charge in [0, 0.05) is 5.39 Å². The van der Waals surface area contributed by atoms with Gasteiger partial charge in [-0.05, 0) is 6.07 Å². The van der Waals surface area contributed by atoms with Crippen LogP contribution < -0.4 is 0 Å². The van der Waals surface area contributed by atoms with E-state index in [-0.39, 0.29) is 0 Å². The topological polar surface area (TPSA) is 44.1 Å². The monoisotopic (exact) mass is 216 g/mol. The third kappa shape index (κ3) is 1.58. The standard InChI is InChI=1S/C12H12N2O2/c1-3-8-14-10-7-5-4-6-9(10)11(13-14)12(15)16-2/h3-7H,1,8H2,2H3. The van der Waals surface area contributed by atoms with E-state index in [2.05, 4.69) is 11.7 Å². The molecule has 4 heteroatoms. The van der Waals surface area contributed by atoms with Crippen LogP contribution in [0.1, 0.15) is 10.5 Å². The lowest BCUT2D eigenvalue weighted by molar-refractivity contribution is 0.0595. The number of para-hydroxylation sites is 1. The summed E-state index contributed by atoms with van der Waals surface area (Å²) in [7, 11) is 1.35. The number of benzene rings is 1. The molecule has 82 valence electrons. The van der Waals surface area contributed by atoms with Crippen molar-refractivity contribution >= 4 is 16.9 Å². The molecular weight excluding hydrogens is 204 g/mol. The Morgan fingerprint density at radius 1 is 1.56 bits per heavy atom. The van der Waals surface area contributed by atoms with Crippen molar-refractivity contribution in [3.8, 4) is 0 Å². The maximum atomic E-state index is 11.5. The fraction of sp³-hybridized carbons (Fsp3) is 0.167. The summed E-state index contributed by atoms with van der Waals surface area (Å²) in [4.78, 5) is 11.5. The van der Waals surface area contributed by atoms with Crippen LogP contribution in [-0.2, 0) is 11.3 Å². The Labute approximate surface area is 93.1 Å². The lowest BCUT2D eigenvalue weighted by Crippen LogP contribution is -2.04. The van der Waals surface area contributed by atoms with E-state index < -0.39 is 5.97 Å². The number of allylic oxidation sites excluding steroid dienone is 1. The number of hydrogen-bond donors (Lipinski definition) is 0. The Morgan fingerprint density at radius 2 is 2.31 bits per heavy atom. The van der Waals surface area contributed by atoms with Gasteiger partial charge >= 0.3 is 5.97 Å². The number of hydrogen-bond acceptors (Lipinski definition) is 3. The number of methoxy groups -OCH3 is 1. The smallest absolute Gasteiger partial charge is 0.359 e. The van der Waals surface area contributed by atoms with Crippen molar-refractivity contribution in [2.24, 2.45) is 0 Å². The van der Waals surface area contributed by atoms with Gasteiger partial charge in [0.15, 0.2) is 5.69 Å². The molecule has 0 aliphatic carbocycles. The number of rotatable bonds is 3. The molecule has 0 aliphatic heterocycles. The van der Waals surface area contributed by atoms with Crippen molar-refractivity contribution in [1.29, 1.82) is 0 Å². The normalized spacial score (nSPS) is 10.3. The summed E-state index contributed by atoms with van der Waals surface area (Å²) in [6, 6.07) is 7.55. The third-order valence-electron chi connectivity index (χ3n) is 2.34. The van der Waals surface area contributed by atoms with Crippen molar-refractivity contribution in [3.05, 3.63) is 42.6 Å². The zero-order valence-corrected chi connectivity index (χ0v) is 9.01. The zero-order valence-electron chi connectivity index (χ0n) is 9.01. The van der Waals surface area contributed by atoms with Gasteiger partial charge < -0.3 is 4.74 Å². The summed E-state index contributed by atoms with van der Waals surface area (Å²) < 4.78 is 6.43. The van der Waals surface area contributed by atoms with Crippen molar-refractivity contribution in [1.82, 2.24) is 9.78 Å². The first-order valence-electron chi connectivity index (χ1n) is 4.92. The number of ether oxygens (including phenoxy) is 1. The molecule has 16 heavy (non-hydrogen) atoms. The molecule has 2 aromatic rings. The first-order valence-corrected chi connectivity index (χ1v) is 4.92. The molecule has 1 heterocycles. The molecule has 0 atom stereocenters. The van der Waals surface area contributed by atoms with Gasteiger partial charge in [0.25, 0.3) is 0 Å². The highest BCUT2D eigenvalue weighted by atomic mass is 16.5. The summed E-state index contributed by atoms with van der Waals surface area (Å²) in [6.07, 6.45) is 1.74. The van der Waals surface area contributed by atoms with E-state index in [1.54, 1.807) is 10.8 Å². The van der Waals surface area contributed by atoms with E-state index in [4.69, 9.17) is 4.74 Å². The maximum Gasteiger partial charge on any atom is 0.359 e. The van der Waals surface area contributed by atoms with E-state index in [9.17, 15) is 4.79 Å². The van der Waals surface area contributed by atoms with Crippen LogP contribution in [0.4, 0.5) is 0 Å². The Bertz CT molecular complexity index is 543. The molecular formula is C12H12N2O2. The molecule has 0 fully saturated rings. The predicted octanol–water partition coefficient (Wildman–Crippen LogP) is 2.01. The second-order valence-corrected chi connectivity index (χ2v) is 3.33. The number of nitrogens with zero attached hydrogens (tertiary/aromatic N) is 2. The van der Waals surface area contributed by atoms with Crippen LogP contribution in [0.2, 0.25) is 0 Å². The van der Waals surface area contributed by atoms with Crippen LogP contribution >= 0.6 is 0 Å². The van der Waals surface area contributed by atoms with Crippen molar-refractivity contribution in [2.75, 3.05) is 7.11 Å². The summed E-state index contributed by atoms with van der Waals surface area (Å²) in [5.41, 5.74) is 1.25. The molecule has 1 aromatic carbocycles. The predicted molar refractivity (Wildman–Crippen MR) is 61.3 cm³/mol. The van der Waals surface area contributed by atoms with Gasteiger partial charge in [0.1, 0.15) is 0 Å². The zero-order chi connectivity index (χ0) is 11.5. The average molecular weight is 216 g/mol. The fourth-order valence-electron chi connectivity index (χ4n) is 1.64. The third-order valence-corrected chi connectivity index (χ3v) is 2.34. The Hall–Kier alpha value is -2.10. The molecule has 0 radical (unpaired) electrons. The van der Waals surface area contributed by atoms with E-state index in [0.717, 1.165) is 10.9 Å². The van der Waals surface area contributed by atoms with Crippen molar-refractivity contribution < 1.29 is 9.53 Å². The van der Waals surface area contributed by atoms with E-state index >= 15 is 0 Å². The number of esters is 1. The molecule has 1 aromatic heterocycles. The van der Waals surface area contributed by atoms with E-state index in [0.29, 0.717) is 12.2 Å². The van der Waals surface area contributed by atoms with Gasteiger partial charge in [0.05, 0.1) is 19.2 Å². The minimum absolute atomic E-state index is 0.347. The molecule has 0 saturated heterocycles. The van der Waals surface area contributed by atoms with Gasteiger partial charge in [0.2, 0.25) is 0 Å². The molecule has 0 amide bonds. The largest absolute Gasteiger partial charge is 0.464 e. The Kier molecular flexibility index (Phi) is 2.72. The van der Waals surface area contributed by atoms with Gasteiger partial charge in [-0.15, -0.1) is 6.58 Å². The van der Waals surface area contributed by atoms with Gasteiger partial charge in [-0.2, -0.15) is 5.10 Å². The molecule has 0 unspecified atom stereocenters. The number of aromatic nitrogens is 2. The second kappa shape index (κ2) is 4.18. The lowest BCUT2D eigenvalue weighted by Gasteiger charge is -1.96. The van der Waals surface area contributed by atoms with Crippen LogP contribution in [0.15, 0.2) is 36.9 Å². The van der Waals surface area contributed by atoms with Crippen LogP contribution in [0.3, 0.4) is 0 Å². The van der Waals surface area contributed by atoms with Gasteiger partial charge in [-0.25, -0.2) is 4.79 Å². The van der Waals surface area contributed by atoms with E-state index in [1.807, 2.05) is 24.3 Å². The average Bonchev–Trinajstić information content (AvgIpc) is 2.68. The lowest BCUT2D eigenvalue weighted by atomic mass is 10.2. The maximum absolute atomic E-state index is 11.5. The number of fused-ring (bicyclic) bond motifs is 1. The molecule has 0 aliphatic rings. The first kappa shape index (κ1) is 10.4. The Balaban J connectivity index is 2.66. The van der Waals surface area contributed by atoms with Crippen LogP contribution in [0, 0.1) is 0 Å². The fourth-order valence-corrected chi connectivity index (χ4v) is 1.64. The van der Waals surface area contributed by atoms with Crippen molar-refractivity contribution in [2.45, 2.75) is 6.54 Å². The van der Waals surface area contributed by atoms with Crippen LogP contribution in [0.25, 0.3) is 10.9 Å². The number of carbonyl (C=O) groups excluding carboxylic acids is 1. The molecule has 0 N–H and O–H groups in total. The summed E-state index contributed by atoms with van der Waals surface area (Å²) in [6.45, 7) is 4.23. The van der Waals surface area contributed by atoms with Crippen molar-refractivity contribution in [3.63, 3.8) is 0 Å². The quantitative estimate of drug-likeness (QED) is 0.582. The minimum Gasteiger partial charge on any atom is -0.464 e. The summed E-state index contributed by atoms with van der Waals surface area (Å²) in [5, 5.41) is 5.02. The molecule has 0 spiro atoms. The highest BCUT2D eigenvalue weighted by Gasteiger charge is 2.16. The highest BCUT2D eigenvalue weighted by Crippen LogP contribution is 2.18. The molecule has 0 saturated carbocycles. The van der Waals surface area contributed by atoms with Gasteiger partial charge in [-0.1, -0.05) is 24.3 Å². The summed E-state index contributed by atoms with van der Waals surface area (Å²) >= 11 is 0. The van der Waals surface area contributed by atoms with E-state index in [1.165, 1.54) is 7.11 Å². The minimum atomic E-state index is -0.418.